The van der Waals surface area contributed by atoms with Crippen molar-refractivity contribution in [3.8, 4) is 11.1 Å². The van der Waals surface area contributed by atoms with Crippen molar-refractivity contribution in [2.75, 3.05) is 76.8 Å². The first-order chi connectivity index (χ1) is 23.3. The molecule has 1 unspecified atom stereocenters. The Hall–Kier alpha value is -2.67. The van der Waals surface area contributed by atoms with E-state index >= 15 is 0 Å². The summed E-state index contributed by atoms with van der Waals surface area (Å²) in [5.74, 6) is 0.880. The maximum atomic E-state index is 11.9. The van der Waals surface area contributed by atoms with Gasteiger partial charge in [0.05, 0.1) is 41.9 Å². The lowest BCUT2D eigenvalue weighted by Crippen LogP contribution is -2.63. The molecule has 11 nitrogen and oxygen atoms in total. The van der Waals surface area contributed by atoms with Crippen LogP contribution >= 0.6 is 23.2 Å². The highest BCUT2D eigenvalue weighted by Gasteiger charge is 2.54. The number of nitrogens with one attached hydrogen (secondary N) is 1. The van der Waals surface area contributed by atoms with Crippen LogP contribution in [-0.2, 0) is 9.53 Å². The second kappa shape index (κ2) is 14.2. The monoisotopic (exact) mass is 714 g/mol. The van der Waals surface area contributed by atoms with Crippen molar-refractivity contribution in [3.05, 3.63) is 40.0 Å². The highest BCUT2D eigenvalue weighted by atomic mass is 35.5. The summed E-state index contributed by atoms with van der Waals surface area (Å²) in [4.78, 5) is 20.9. The highest BCUT2D eigenvalue weighted by Crippen LogP contribution is 2.56. The van der Waals surface area contributed by atoms with E-state index in [2.05, 4.69) is 53.8 Å². The number of benzene rings is 1. The van der Waals surface area contributed by atoms with Gasteiger partial charge in [0.1, 0.15) is 0 Å². The summed E-state index contributed by atoms with van der Waals surface area (Å²) in [7, 11) is 2.08. The zero-order valence-corrected chi connectivity index (χ0v) is 30.9. The quantitative estimate of drug-likeness (QED) is 0.211. The fourth-order valence-electron chi connectivity index (χ4n) is 8.41. The van der Waals surface area contributed by atoms with Crippen LogP contribution in [0, 0.1) is 17.7 Å². The number of halogens is 2. The second-order valence-electron chi connectivity index (χ2n) is 15.3. The number of amides is 1. The molecular weight excluding hydrogens is 663 g/mol. The van der Waals surface area contributed by atoms with Crippen LogP contribution in [0.3, 0.4) is 0 Å². The Morgan fingerprint density at radius 1 is 1.16 bits per heavy atom. The van der Waals surface area contributed by atoms with E-state index in [0.717, 1.165) is 95.2 Å². The average molecular weight is 716 g/mol. The van der Waals surface area contributed by atoms with Crippen LogP contribution in [-0.4, -0.2) is 125 Å². The Morgan fingerprint density at radius 2 is 1.88 bits per heavy atom. The van der Waals surface area contributed by atoms with E-state index in [1.807, 2.05) is 4.90 Å². The number of anilines is 2. The minimum Gasteiger partial charge on any atom is -0.398 e. The zero-order valence-electron chi connectivity index (χ0n) is 29.4. The number of piperazine rings is 1. The SMILES string of the molecule is C=CC(=O)N1CC2(CC(n3nc(N4CCCCC4(C)C)c(-c4c(Cl)c(Cl)cc(N)c4C=N)c3C)C2)C1.CN1CCN(C2COC2)CC1CO. The minimum atomic E-state index is -0.0690. The molecular formula is C36H52Cl2N8O3. The lowest BCUT2D eigenvalue weighted by molar-refractivity contribution is -0.149. The van der Waals surface area contributed by atoms with E-state index in [-0.39, 0.29) is 29.5 Å². The standard InChI is InChI=1S/C27H34Cl2N6O.C9H18N2O2/c1-5-21(36)33-14-27(15-33)11-17(12-27)35-16(2)22(23-18(13-30)20(31)10-19(28)24(23)29)25(32-35)34-9-7-6-8-26(34,3)4;1-10-2-3-11(4-8(10)5-12)9-6-13-7-9/h5,10,13,17,30H,1,6-9,11-12,14-15,31H2,2-4H3;8-9,12H,2-7H2,1H3. The molecule has 5 aliphatic rings. The third-order valence-corrected chi connectivity index (χ3v) is 12.4. The Labute approximate surface area is 300 Å². The van der Waals surface area contributed by atoms with E-state index in [4.69, 9.17) is 49.3 Å². The van der Waals surface area contributed by atoms with Gasteiger partial charge in [-0.15, -0.1) is 0 Å². The third kappa shape index (κ3) is 6.74. The number of aliphatic hydroxyl groups is 1. The first kappa shape index (κ1) is 36.1. The maximum absolute atomic E-state index is 11.9. The average Bonchev–Trinajstić information content (AvgIpc) is 3.32. The predicted octanol–water partition coefficient (Wildman–Crippen LogP) is 4.86. The lowest BCUT2D eigenvalue weighted by Gasteiger charge is -2.58. The molecule has 0 bridgehead atoms. The number of nitrogens with zero attached hydrogens (tertiary/aromatic N) is 6. The molecule has 5 heterocycles. The van der Waals surface area contributed by atoms with Gasteiger partial charge in [-0.2, -0.15) is 5.10 Å². The molecule has 1 aromatic heterocycles. The fourth-order valence-corrected chi connectivity index (χ4v) is 8.87. The molecule has 5 fully saturated rings. The number of aromatic nitrogens is 2. The number of nitrogen functional groups attached to an aromatic ring is 1. The number of hydrogen-bond acceptors (Lipinski definition) is 9. The Morgan fingerprint density at radius 3 is 2.47 bits per heavy atom. The molecule has 2 aromatic rings. The molecule has 268 valence electrons. The number of piperidine rings is 1. The van der Waals surface area contributed by atoms with Gasteiger partial charge in [-0.1, -0.05) is 29.8 Å². The predicted molar refractivity (Wildman–Crippen MR) is 197 cm³/mol. The van der Waals surface area contributed by atoms with E-state index in [9.17, 15) is 4.79 Å². The second-order valence-corrected chi connectivity index (χ2v) is 16.1. The maximum Gasteiger partial charge on any atom is 0.245 e. The summed E-state index contributed by atoms with van der Waals surface area (Å²) in [6, 6.07) is 2.78. The van der Waals surface area contributed by atoms with Crippen molar-refractivity contribution in [2.45, 2.75) is 76.5 Å². The summed E-state index contributed by atoms with van der Waals surface area (Å²) in [6.45, 7) is 17.8. The van der Waals surface area contributed by atoms with Crippen LogP contribution in [0.15, 0.2) is 18.7 Å². The smallest absolute Gasteiger partial charge is 0.245 e. The van der Waals surface area contributed by atoms with Gasteiger partial charge >= 0.3 is 0 Å². The van der Waals surface area contributed by atoms with E-state index in [1.165, 1.54) is 18.7 Å². The Kier molecular flexibility index (Phi) is 10.4. The first-order valence-corrected chi connectivity index (χ1v) is 18.3. The van der Waals surface area contributed by atoms with Crippen molar-refractivity contribution in [2.24, 2.45) is 5.41 Å². The number of likely N-dealkylation sites (N-methyl/N-ethyl adjacent to an activating group) is 1. The summed E-state index contributed by atoms with van der Waals surface area (Å²) in [6.07, 6.45) is 7.94. The normalized spacial score (nSPS) is 24.0. The molecule has 7 rings (SSSR count). The van der Waals surface area contributed by atoms with Gasteiger partial charge in [-0.25, -0.2) is 0 Å². The number of likely N-dealkylation sites (tertiary alicyclic amines) is 1. The van der Waals surface area contributed by atoms with E-state index in [1.54, 1.807) is 6.07 Å². The largest absolute Gasteiger partial charge is 0.398 e. The van der Waals surface area contributed by atoms with Crippen LogP contribution in [0.1, 0.15) is 63.3 Å². The summed E-state index contributed by atoms with van der Waals surface area (Å²) in [5, 5.41) is 23.3. The molecule has 0 radical (unpaired) electrons. The summed E-state index contributed by atoms with van der Waals surface area (Å²) < 4.78 is 7.30. The number of rotatable bonds is 7. The number of carbonyl (C=O) groups excluding carboxylic acids is 1. The van der Waals surface area contributed by atoms with Crippen molar-refractivity contribution < 1.29 is 14.6 Å². The highest BCUT2D eigenvalue weighted by molar-refractivity contribution is 6.44. The molecule has 4 aliphatic heterocycles. The lowest BCUT2D eigenvalue weighted by atomic mass is 9.60. The van der Waals surface area contributed by atoms with Crippen LogP contribution in [0.2, 0.25) is 10.0 Å². The van der Waals surface area contributed by atoms with Crippen molar-refractivity contribution >= 4 is 46.8 Å². The van der Waals surface area contributed by atoms with Crippen LogP contribution in [0.4, 0.5) is 11.5 Å². The fraction of sp³-hybridized carbons (Fsp3) is 0.639. The van der Waals surface area contributed by atoms with Gasteiger partial charge in [0.2, 0.25) is 5.91 Å². The summed E-state index contributed by atoms with van der Waals surface area (Å²) in [5.41, 5.74) is 9.98. The Balaban J connectivity index is 0.000000267. The Bertz CT molecular complexity index is 1580. The van der Waals surface area contributed by atoms with Gasteiger partial charge in [0, 0.05) is 90.6 Å². The van der Waals surface area contributed by atoms with Crippen molar-refractivity contribution in [3.63, 3.8) is 0 Å². The molecule has 1 spiro atoms. The van der Waals surface area contributed by atoms with Gasteiger partial charge in [-0.3, -0.25) is 19.3 Å². The molecule has 1 saturated carbocycles. The van der Waals surface area contributed by atoms with Gasteiger partial charge < -0.3 is 30.8 Å². The number of nitrogens with two attached hydrogens (primary N) is 1. The molecule has 4 saturated heterocycles. The van der Waals surface area contributed by atoms with E-state index in [0.29, 0.717) is 38.9 Å². The van der Waals surface area contributed by atoms with Crippen molar-refractivity contribution in [1.29, 1.82) is 5.41 Å². The van der Waals surface area contributed by atoms with Crippen LogP contribution in [0.25, 0.3) is 11.1 Å². The summed E-state index contributed by atoms with van der Waals surface area (Å²) >= 11 is 13.3. The molecule has 1 aromatic carbocycles. The van der Waals surface area contributed by atoms with Gasteiger partial charge in [0.15, 0.2) is 5.82 Å². The molecule has 1 atom stereocenters. The number of aliphatic hydroxyl groups excluding tert-OH is 1. The minimum absolute atomic E-state index is 0.00334. The molecule has 49 heavy (non-hydrogen) atoms. The molecule has 13 heteroatoms. The van der Waals surface area contributed by atoms with Crippen LogP contribution in [0.5, 0.6) is 0 Å². The topological polar surface area (TPSA) is 127 Å². The zero-order chi connectivity index (χ0) is 35.2. The number of hydrogen-bond donors (Lipinski definition) is 3. The molecule has 1 amide bonds. The van der Waals surface area contributed by atoms with Gasteiger partial charge in [-0.05, 0) is 72.1 Å². The first-order valence-electron chi connectivity index (χ1n) is 17.5. The van der Waals surface area contributed by atoms with E-state index < -0.39 is 0 Å². The number of carbonyl (C=O) groups is 1. The number of ether oxygens (including phenoxy) is 1. The third-order valence-electron chi connectivity index (χ3n) is 11.6. The van der Waals surface area contributed by atoms with Gasteiger partial charge in [0.25, 0.3) is 0 Å². The molecule has 1 aliphatic carbocycles. The van der Waals surface area contributed by atoms with Crippen molar-refractivity contribution in [1.82, 2.24) is 24.5 Å². The van der Waals surface area contributed by atoms with Crippen LogP contribution < -0.4 is 10.6 Å². The molecule has 4 N–H and O–H groups in total.